The summed E-state index contributed by atoms with van der Waals surface area (Å²) in [5, 5.41) is 14.3. The molecule has 2 aromatic rings. The lowest BCUT2D eigenvalue weighted by atomic mass is 10.00. The van der Waals surface area contributed by atoms with Crippen LogP contribution in [0.2, 0.25) is 0 Å². The van der Waals surface area contributed by atoms with Crippen molar-refractivity contribution in [3.05, 3.63) is 42.0 Å². The molecular weight excluding hydrogens is 292 g/mol. The van der Waals surface area contributed by atoms with Crippen LogP contribution < -0.4 is 10.6 Å². The van der Waals surface area contributed by atoms with Crippen molar-refractivity contribution in [1.82, 2.24) is 30.6 Å². The van der Waals surface area contributed by atoms with Gasteiger partial charge in [-0.05, 0) is 49.9 Å². The molecule has 0 saturated carbocycles. The van der Waals surface area contributed by atoms with Gasteiger partial charge in [0.05, 0.1) is 6.20 Å². The molecule has 1 aliphatic rings. The number of nitrogens with zero attached hydrogens (tertiary/aromatic N) is 4. The van der Waals surface area contributed by atoms with Crippen LogP contribution in [0, 0.1) is 5.92 Å². The second-order valence-corrected chi connectivity index (χ2v) is 5.91. The summed E-state index contributed by atoms with van der Waals surface area (Å²) in [6.45, 7) is 3.47. The van der Waals surface area contributed by atoms with Crippen LogP contribution in [0.1, 0.15) is 28.9 Å². The molecule has 2 aromatic heterocycles. The van der Waals surface area contributed by atoms with Gasteiger partial charge in [0, 0.05) is 25.5 Å². The Morgan fingerprint density at radius 2 is 2.43 bits per heavy atom. The predicted molar refractivity (Wildman–Crippen MR) is 85.9 cm³/mol. The second kappa shape index (κ2) is 7.82. The van der Waals surface area contributed by atoms with Crippen LogP contribution in [0.4, 0.5) is 0 Å². The molecule has 1 fully saturated rings. The Bertz CT molecular complexity index is 621. The zero-order valence-electron chi connectivity index (χ0n) is 13.1. The fourth-order valence-electron chi connectivity index (χ4n) is 2.79. The first-order valence-electron chi connectivity index (χ1n) is 8.09. The second-order valence-electron chi connectivity index (χ2n) is 5.91. The number of rotatable bonds is 6. The average molecular weight is 314 g/mol. The topological polar surface area (TPSA) is 84.7 Å². The highest BCUT2D eigenvalue weighted by atomic mass is 16.2. The lowest BCUT2D eigenvalue weighted by Crippen LogP contribution is -2.32. The Kier molecular flexibility index (Phi) is 5.31. The third-order valence-electron chi connectivity index (χ3n) is 4.04. The molecule has 1 amide bonds. The zero-order chi connectivity index (χ0) is 15.9. The van der Waals surface area contributed by atoms with E-state index in [9.17, 15) is 4.79 Å². The smallest absolute Gasteiger partial charge is 0.273 e. The van der Waals surface area contributed by atoms with Crippen molar-refractivity contribution < 1.29 is 4.79 Å². The summed E-state index contributed by atoms with van der Waals surface area (Å²) in [5.74, 6) is 0.383. The van der Waals surface area contributed by atoms with Crippen LogP contribution in [0.3, 0.4) is 0 Å². The van der Waals surface area contributed by atoms with Crippen molar-refractivity contribution in [2.45, 2.75) is 25.8 Å². The van der Waals surface area contributed by atoms with Gasteiger partial charge < -0.3 is 10.6 Å². The molecule has 1 saturated heterocycles. The number of pyridine rings is 1. The Balaban J connectivity index is 1.46. The molecule has 0 radical (unpaired) electrons. The molecule has 0 aromatic carbocycles. The molecule has 7 heteroatoms. The Morgan fingerprint density at radius 3 is 3.22 bits per heavy atom. The normalized spacial score (nSPS) is 17.8. The van der Waals surface area contributed by atoms with E-state index in [2.05, 4.69) is 25.9 Å². The molecule has 3 heterocycles. The van der Waals surface area contributed by atoms with Crippen molar-refractivity contribution in [2.75, 3.05) is 19.6 Å². The Hall–Kier alpha value is -2.28. The lowest BCUT2D eigenvalue weighted by Gasteiger charge is -2.22. The number of hydrogen-bond donors (Lipinski definition) is 2. The van der Waals surface area contributed by atoms with Gasteiger partial charge in [-0.1, -0.05) is 11.3 Å². The first-order chi connectivity index (χ1) is 11.3. The van der Waals surface area contributed by atoms with Crippen molar-refractivity contribution in [1.29, 1.82) is 0 Å². The molecule has 23 heavy (non-hydrogen) atoms. The van der Waals surface area contributed by atoms with Gasteiger partial charge in [0.25, 0.3) is 5.91 Å². The fraction of sp³-hybridized carbons (Fsp3) is 0.500. The summed E-state index contributed by atoms with van der Waals surface area (Å²) in [5.41, 5.74) is 1.47. The quantitative estimate of drug-likeness (QED) is 0.817. The van der Waals surface area contributed by atoms with E-state index in [1.54, 1.807) is 23.3 Å². The fourth-order valence-corrected chi connectivity index (χ4v) is 2.79. The van der Waals surface area contributed by atoms with E-state index >= 15 is 0 Å². The SMILES string of the molecule is O=C(NCCc1cccnc1)c1cn(C[C@H]2CCCNC2)nn1. The minimum Gasteiger partial charge on any atom is -0.350 e. The molecule has 0 bridgehead atoms. The zero-order valence-corrected chi connectivity index (χ0v) is 13.1. The maximum absolute atomic E-state index is 12.1. The number of carbonyl (C=O) groups excluding carboxylic acids is 1. The van der Waals surface area contributed by atoms with Crippen LogP contribution in [-0.4, -0.2) is 45.5 Å². The van der Waals surface area contributed by atoms with Crippen molar-refractivity contribution in [3.8, 4) is 0 Å². The van der Waals surface area contributed by atoms with Gasteiger partial charge in [0.2, 0.25) is 0 Å². The van der Waals surface area contributed by atoms with Gasteiger partial charge >= 0.3 is 0 Å². The number of aromatic nitrogens is 4. The number of carbonyl (C=O) groups is 1. The van der Waals surface area contributed by atoms with Gasteiger partial charge in [-0.25, -0.2) is 0 Å². The number of amides is 1. The highest BCUT2D eigenvalue weighted by Crippen LogP contribution is 2.11. The van der Waals surface area contributed by atoms with Gasteiger partial charge in [0.1, 0.15) is 0 Å². The van der Waals surface area contributed by atoms with E-state index < -0.39 is 0 Å². The van der Waals surface area contributed by atoms with Crippen LogP contribution in [0.25, 0.3) is 0 Å². The van der Waals surface area contributed by atoms with Crippen LogP contribution in [0.15, 0.2) is 30.7 Å². The molecule has 7 nitrogen and oxygen atoms in total. The van der Waals surface area contributed by atoms with E-state index in [0.29, 0.717) is 18.2 Å². The van der Waals surface area contributed by atoms with E-state index in [-0.39, 0.29) is 5.91 Å². The molecule has 2 N–H and O–H groups in total. The van der Waals surface area contributed by atoms with Crippen LogP contribution >= 0.6 is 0 Å². The molecule has 1 atom stereocenters. The molecule has 0 spiro atoms. The van der Waals surface area contributed by atoms with Gasteiger partial charge in [-0.2, -0.15) is 0 Å². The molecule has 122 valence electrons. The standard InChI is InChI=1S/C16H22N6O/c23-16(19-8-5-13-3-1-6-17-9-13)15-12-22(21-20-15)11-14-4-2-7-18-10-14/h1,3,6,9,12,14,18H,2,4-5,7-8,10-11H2,(H,19,23)/t14-/m0/s1. The molecular formula is C16H22N6O. The van der Waals surface area contributed by atoms with Gasteiger partial charge in [-0.3, -0.25) is 14.5 Å². The highest BCUT2D eigenvalue weighted by Gasteiger charge is 2.16. The Labute approximate surface area is 135 Å². The summed E-state index contributed by atoms with van der Waals surface area (Å²) < 4.78 is 1.77. The molecule has 0 unspecified atom stereocenters. The minimum absolute atomic E-state index is 0.179. The average Bonchev–Trinajstić information content (AvgIpc) is 3.05. The summed E-state index contributed by atoms with van der Waals surface area (Å²) in [6, 6.07) is 3.89. The lowest BCUT2D eigenvalue weighted by molar-refractivity contribution is 0.0949. The van der Waals surface area contributed by atoms with Crippen molar-refractivity contribution >= 4 is 5.91 Å². The van der Waals surface area contributed by atoms with E-state index in [0.717, 1.165) is 31.6 Å². The highest BCUT2D eigenvalue weighted by molar-refractivity contribution is 5.91. The first-order valence-corrected chi connectivity index (χ1v) is 8.09. The first kappa shape index (κ1) is 15.6. The van der Waals surface area contributed by atoms with Crippen molar-refractivity contribution in [2.24, 2.45) is 5.92 Å². The number of nitrogens with one attached hydrogen (secondary N) is 2. The number of hydrogen-bond acceptors (Lipinski definition) is 5. The molecule has 3 rings (SSSR count). The van der Waals surface area contributed by atoms with Crippen LogP contribution in [0.5, 0.6) is 0 Å². The summed E-state index contributed by atoms with van der Waals surface area (Å²) in [6.07, 6.45) is 8.42. The van der Waals surface area contributed by atoms with Crippen LogP contribution in [-0.2, 0) is 13.0 Å². The maximum Gasteiger partial charge on any atom is 0.273 e. The third-order valence-corrected chi connectivity index (χ3v) is 4.04. The Morgan fingerprint density at radius 1 is 1.48 bits per heavy atom. The van der Waals surface area contributed by atoms with Gasteiger partial charge in [0.15, 0.2) is 5.69 Å². The van der Waals surface area contributed by atoms with Gasteiger partial charge in [-0.15, -0.1) is 5.10 Å². The summed E-state index contributed by atoms with van der Waals surface area (Å²) in [7, 11) is 0. The largest absolute Gasteiger partial charge is 0.350 e. The minimum atomic E-state index is -0.179. The van der Waals surface area contributed by atoms with E-state index in [4.69, 9.17) is 0 Å². The van der Waals surface area contributed by atoms with E-state index in [1.807, 2.05) is 12.1 Å². The predicted octanol–water partition coefficient (Wildman–Crippen LogP) is 0.645. The number of piperidine rings is 1. The third kappa shape index (κ3) is 4.59. The van der Waals surface area contributed by atoms with E-state index in [1.165, 1.54) is 12.8 Å². The summed E-state index contributed by atoms with van der Waals surface area (Å²) >= 11 is 0. The van der Waals surface area contributed by atoms with Crippen molar-refractivity contribution in [3.63, 3.8) is 0 Å². The maximum atomic E-state index is 12.1. The monoisotopic (exact) mass is 314 g/mol. The molecule has 1 aliphatic heterocycles. The molecule has 0 aliphatic carbocycles. The summed E-state index contributed by atoms with van der Waals surface area (Å²) in [4.78, 5) is 16.1.